The summed E-state index contributed by atoms with van der Waals surface area (Å²) < 4.78 is 5.68. The second-order valence-electron chi connectivity index (χ2n) is 6.17. The Morgan fingerprint density at radius 3 is 2.95 bits per heavy atom. The maximum absolute atomic E-state index is 12.6. The van der Waals surface area contributed by atoms with Crippen molar-refractivity contribution in [1.82, 2.24) is 4.90 Å². The standard InChI is InChI=1S/C16H26N2O2S/c1-12(2)9-15(17)16(19)18(10-13-5-3-7-20-13)11-14-6-4-8-21-14/h4,6,8,12-13,15H,3,5,7,9-11,17H2,1-2H3/t13?,15-/m1/s1. The van der Waals surface area contributed by atoms with Crippen molar-refractivity contribution in [3.63, 3.8) is 0 Å². The Balaban J connectivity index is 2.00. The normalized spacial score (nSPS) is 19.9. The monoisotopic (exact) mass is 310 g/mol. The lowest BCUT2D eigenvalue weighted by Gasteiger charge is -2.28. The SMILES string of the molecule is CC(C)C[C@@H](N)C(=O)N(Cc1cccs1)CC1CCCO1. The molecule has 0 spiro atoms. The molecule has 2 heterocycles. The molecular weight excluding hydrogens is 284 g/mol. The molecule has 1 unspecified atom stereocenters. The van der Waals surface area contributed by atoms with E-state index in [4.69, 9.17) is 10.5 Å². The van der Waals surface area contributed by atoms with Crippen LogP contribution >= 0.6 is 11.3 Å². The molecule has 0 radical (unpaired) electrons. The molecule has 1 aromatic rings. The van der Waals surface area contributed by atoms with Crippen molar-refractivity contribution in [3.8, 4) is 0 Å². The van der Waals surface area contributed by atoms with Crippen LogP contribution < -0.4 is 5.73 Å². The summed E-state index contributed by atoms with van der Waals surface area (Å²) in [6.45, 7) is 6.29. The molecule has 5 heteroatoms. The van der Waals surface area contributed by atoms with Crippen molar-refractivity contribution in [2.75, 3.05) is 13.2 Å². The van der Waals surface area contributed by atoms with Gasteiger partial charge in [-0.25, -0.2) is 0 Å². The average molecular weight is 310 g/mol. The largest absolute Gasteiger partial charge is 0.376 e. The number of nitrogens with two attached hydrogens (primary N) is 1. The smallest absolute Gasteiger partial charge is 0.239 e. The quantitative estimate of drug-likeness (QED) is 0.842. The van der Waals surface area contributed by atoms with Crippen LogP contribution in [0.3, 0.4) is 0 Å². The second-order valence-corrected chi connectivity index (χ2v) is 7.20. The summed E-state index contributed by atoms with van der Waals surface area (Å²) in [5, 5.41) is 2.04. The Morgan fingerprint density at radius 1 is 1.57 bits per heavy atom. The first-order valence-corrected chi connectivity index (χ1v) is 8.62. The summed E-state index contributed by atoms with van der Waals surface area (Å²) in [7, 11) is 0. The Kier molecular flexibility index (Phi) is 6.21. The first-order chi connectivity index (χ1) is 10.1. The predicted molar refractivity (Wildman–Crippen MR) is 86.1 cm³/mol. The van der Waals surface area contributed by atoms with Crippen LogP contribution in [0.1, 0.15) is 38.0 Å². The van der Waals surface area contributed by atoms with E-state index in [0.717, 1.165) is 25.9 Å². The van der Waals surface area contributed by atoms with Crippen LogP contribution in [-0.2, 0) is 16.1 Å². The first kappa shape index (κ1) is 16.5. The van der Waals surface area contributed by atoms with E-state index in [9.17, 15) is 4.79 Å². The highest BCUT2D eigenvalue weighted by atomic mass is 32.1. The molecule has 1 aliphatic heterocycles. The van der Waals surface area contributed by atoms with Gasteiger partial charge in [-0.15, -0.1) is 11.3 Å². The molecule has 0 aliphatic carbocycles. The fourth-order valence-corrected chi connectivity index (χ4v) is 3.42. The van der Waals surface area contributed by atoms with Gasteiger partial charge < -0.3 is 15.4 Å². The molecule has 0 bridgehead atoms. The van der Waals surface area contributed by atoms with Crippen molar-refractivity contribution in [1.29, 1.82) is 0 Å². The number of amides is 1. The van der Waals surface area contributed by atoms with Crippen molar-refractivity contribution in [2.24, 2.45) is 11.7 Å². The van der Waals surface area contributed by atoms with Crippen LogP contribution in [0.5, 0.6) is 0 Å². The van der Waals surface area contributed by atoms with Gasteiger partial charge in [0, 0.05) is 18.0 Å². The van der Waals surface area contributed by atoms with E-state index in [-0.39, 0.29) is 12.0 Å². The molecule has 2 rings (SSSR count). The molecule has 1 saturated heterocycles. The minimum Gasteiger partial charge on any atom is -0.376 e. The van der Waals surface area contributed by atoms with E-state index in [1.54, 1.807) is 11.3 Å². The van der Waals surface area contributed by atoms with E-state index in [1.807, 2.05) is 16.3 Å². The number of ether oxygens (including phenoxy) is 1. The minimum atomic E-state index is -0.411. The third-order valence-corrected chi connectivity index (χ3v) is 4.59. The van der Waals surface area contributed by atoms with Gasteiger partial charge in [0.1, 0.15) is 0 Å². The number of nitrogens with zero attached hydrogens (tertiary/aromatic N) is 1. The Labute approximate surface area is 131 Å². The van der Waals surface area contributed by atoms with Crippen LogP contribution in [0.2, 0.25) is 0 Å². The van der Waals surface area contributed by atoms with Crippen molar-refractivity contribution in [2.45, 2.75) is 51.8 Å². The fraction of sp³-hybridized carbons (Fsp3) is 0.688. The lowest BCUT2D eigenvalue weighted by atomic mass is 10.0. The molecule has 1 aliphatic rings. The minimum absolute atomic E-state index is 0.0487. The second kappa shape index (κ2) is 7.92. The molecule has 1 amide bonds. The Morgan fingerprint density at radius 2 is 2.38 bits per heavy atom. The maximum atomic E-state index is 12.6. The van der Waals surface area contributed by atoms with Crippen molar-refractivity contribution in [3.05, 3.63) is 22.4 Å². The third-order valence-electron chi connectivity index (χ3n) is 3.73. The highest BCUT2D eigenvalue weighted by Gasteiger charge is 2.26. The van der Waals surface area contributed by atoms with Crippen LogP contribution in [0, 0.1) is 5.92 Å². The average Bonchev–Trinajstić information content (AvgIpc) is 3.09. The predicted octanol–water partition coefficient (Wildman–Crippen LogP) is 2.63. The van der Waals surface area contributed by atoms with Gasteiger partial charge >= 0.3 is 0 Å². The third kappa shape index (κ3) is 5.09. The zero-order valence-electron chi connectivity index (χ0n) is 13.0. The maximum Gasteiger partial charge on any atom is 0.239 e. The zero-order chi connectivity index (χ0) is 15.2. The molecule has 1 aromatic heterocycles. The highest BCUT2D eigenvalue weighted by Crippen LogP contribution is 2.18. The number of hydrogen-bond acceptors (Lipinski definition) is 4. The zero-order valence-corrected chi connectivity index (χ0v) is 13.8. The first-order valence-electron chi connectivity index (χ1n) is 7.74. The lowest BCUT2D eigenvalue weighted by Crippen LogP contribution is -2.46. The van der Waals surface area contributed by atoms with Gasteiger partial charge in [0.2, 0.25) is 5.91 Å². The van der Waals surface area contributed by atoms with E-state index >= 15 is 0 Å². The molecule has 21 heavy (non-hydrogen) atoms. The van der Waals surface area contributed by atoms with E-state index in [0.29, 0.717) is 19.0 Å². The molecular formula is C16H26N2O2S. The summed E-state index contributed by atoms with van der Waals surface area (Å²) in [4.78, 5) is 15.7. The summed E-state index contributed by atoms with van der Waals surface area (Å²) in [5.74, 6) is 0.475. The number of carbonyl (C=O) groups excluding carboxylic acids is 1. The molecule has 0 saturated carbocycles. The van der Waals surface area contributed by atoms with Gasteiger partial charge in [-0.3, -0.25) is 4.79 Å². The van der Waals surface area contributed by atoms with Crippen LogP contribution in [0.15, 0.2) is 17.5 Å². The fourth-order valence-electron chi connectivity index (χ4n) is 2.70. The van der Waals surface area contributed by atoms with Gasteiger partial charge in [-0.2, -0.15) is 0 Å². The van der Waals surface area contributed by atoms with Gasteiger partial charge in [0.05, 0.1) is 18.7 Å². The molecule has 4 nitrogen and oxygen atoms in total. The molecule has 118 valence electrons. The molecule has 0 aromatic carbocycles. The number of hydrogen-bond donors (Lipinski definition) is 1. The summed E-state index contributed by atoms with van der Waals surface area (Å²) in [6, 6.07) is 3.67. The van der Waals surface area contributed by atoms with Crippen LogP contribution in [0.4, 0.5) is 0 Å². The van der Waals surface area contributed by atoms with E-state index in [1.165, 1.54) is 4.88 Å². The van der Waals surface area contributed by atoms with E-state index in [2.05, 4.69) is 19.9 Å². The molecule has 2 N–H and O–H groups in total. The Bertz CT molecular complexity index is 427. The summed E-state index contributed by atoms with van der Waals surface area (Å²) in [5.41, 5.74) is 6.09. The lowest BCUT2D eigenvalue weighted by molar-refractivity contribution is -0.135. The summed E-state index contributed by atoms with van der Waals surface area (Å²) in [6.07, 6.45) is 3.02. The van der Waals surface area contributed by atoms with Gasteiger partial charge in [-0.1, -0.05) is 19.9 Å². The van der Waals surface area contributed by atoms with Crippen LogP contribution in [0.25, 0.3) is 0 Å². The molecule has 2 atom stereocenters. The number of thiophene rings is 1. The number of rotatable bonds is 7. The highest BCUT2D eigenvalue weighted by molar-refractivity contribution is 7.09. The van der Waals surface area contributed by atoms with Crippen LogP contribution in [-0.4, -0.2) is 36.1 Å². The Hall–Kier alpha value is -0.910. The number of carbonyl (C=O) groups is 1. The van der Waals surface area contributed by atoms with E-state index < -0.39 is 6.04 Å². The summed E-state index contributed by atoms with van der Waals surface area (Å²) >= 11 is 1.68. The van der Waals surface area contributed by atoms with Gasteiger partial charge in [-0.05, 0) is 36.6 Å². The van der Waals surface area contributed by atoms with Crippen molar-refractivity contribution < 1.29 is 9.53 Å². The van der Waals surface area contributed by atoms with Gasteiger partial charge in [0.15, 0.2) is 0 Å². The van der Waals surface area contributed by atoms with Crippen molar-refractivity contribution >= 4 is 17.2 Å². The van der Waals surface area contributed by atoms with Gasteiger partial charge in [0.25, 0.3) is 0 Å². The topological polar surface area (TPSA) is 55.6 Å². The molecule has 1 fully saturated rings.